The topological polar surface area (TPSA) is 43.0 Å². The van der Waals surface area contributed by atoms with Crippen LogP contribution in [0.25, 0.3) is 11.0 Å². The first-order chi connectivity index (χ1) is 10.2. The molecule has 0 saturated carbocycles. The molecule has 3 aromatic rings. The molecule has 21 heavy (non-hydrogen) atoms. The Hall–Kier alpha value is -1.78. The molecule has 4 nitrogen and oxygen atoms in total. The molecule has 1 N–H and O–H groups in total. The second-order valence-corrected chi connectivity index (χ2v) is 5.50. The predicted molar refractivity (Wildman–Crippen MR) is 84.6 cm³/mol. The lowest BCUT2D eigenvalue weighted by Crippen LogP contribution is -2.25. The van der Waals surface area contributed by atoms with Gasteiger partial charge in [-0.3, -0.25) is 0 Å². The van der Waals surface area contributed by atoms with Crippen LogP contribution in [0.1, 0.15) is 31.0 Å². The quantitative estimate of drug-likeness (QED) is 0.777. The van der Waals surface area contributed by atoms with Gasteiger partial charge >= 0.3 is 0 Å². The lowest BCUT2D eigenvalue weighted by Gasteiger charge is -2.15. The maximum Gasteiger partial charge on any atom is 0.152 e. The Balaban J connectivity index is 2.05. The van der Waals surface area contributed by atoms with E-state index in [0.717, 1.165) is 35.5 Å². The number of halogens is 1. The van der Waals surface area contributed by atoms with Crippen LogP contribution in [0.3, 0.4) is 0 Å². The normalized spacial score (nSPS) is 12.9. The van der Waals surface area contributed by atoms with Crippen LogP contribution >= 0.6 is 11.6 Å². The van der Waals surface area contributed by atoms with E-state index in [4.69, 9.17) is 16.0 Å². The van der Waals surface area contributed by atoms with Gasteiger partial charge in [-0.1, -0.05) is 30.7 Å². The van der Waals surface area contributed by atoms with Gasteiger partial charge in [0.05, 0.1) is 5.02 Å². The number of furan rings is 1. The fraction of sp³-hybridized carbons (Fsp3) is 0.312. The molecule has 0 radical (unpaired) electrons. The number of hydrogen-bond acceptors (Lipinski definition) is 3. The smallest absolute Gasteiger partial charge is 0.152 e. The highest BCUT2D eigenvalue weighted by molar-refractivity contribution is 6.34. The summed E-state index contributed by atoms with van der Waals surface area (Å²) < 4.78 is 7.99. The number of benzene rings is 1. The Morgan fingerprint density at radius 2 is 2.29 bits per heavy atom. The van der Waals surface area contributed by atoms with Gasteiger partial charge in [-0.05, 0) is 25.1 Å². The monoisotopic (exact) mass is 303 g/mol. The van der Waals surface area contributed by atoms with Gasteiger partial charge in [0.15, 0.2) is 5.58 Å². The van der Waals surface area contributed by atoms with Gasteiger partial charge in [-0.15, -0.1) is 0 Å². The molecule has 1 atom stereocenters. The summed E-state index contributed by atoms with van der Waals surface area (Å²) in [6.45, 7) is 3.03. The van der Waals surface area contributed by atoms with Crippen LogP contribution in [0.2, 0.25) is 5.02 Å². The Bertz CT molecular complexity index is 747. The van der Waals surface area contributed by atoms with E-state index in [2.05, 4.69) is 17.2 Å². The van der Waals surface area contributed by atoms with E-state index in [1.807, 2.05) is 42.1 Å². The lowest BCUT2D eigenvalue weighted by molar-refractivity contribution is 0.450. The number of aromatic nitrogens is 2. The number of rotatable bonds is 5. The molecule has 2 heterocycles. The zero-order valence-electron chi connectivity index (χ0n) is 12.1. The highest BCUT2D eigenvalue weighted by Gasteiger charge is 2.22. The van der Waals surface area contributed by atoms with E-state index in [9.17, 15) is 0 Å². The molecule has 0 aliphatic carbocycles. The fourth-order valence-corrected chi connectivity index (χ4v) is 2.67. The Morgan fingerprint density at radius 3 is 2.95 bits per heavy atom. The fourth-order valence-electron chi connectivity index (χ4n) is 2.45. The minimum Gasteiger partial charge on any atom is -0.457 e. The van der Waals surface area contributed by atoms with Gasteiger partial charge in [-0.2, -0.15) is 0 Å². The van der Waals surface area contributed by atoms with Crippen LogP contribution in [-0.4, -0.2) is 16.1 Å². The number of nitrogens with zero attached hydrogens (tertiary/aromatic N) is 2. The van der Waals surface area contributed by atoms with E-state index >= 15 is 0 Å². The van der Waals surface area contributed by atoms with Gasteiger partial charge in [-0.25, -0.2) is 4.98 Å². The molecule has 0 fully saturated rings. The average molecular weight is 304 g/mol. The van der Waals surface area contributed by atoms with E-state index in [1.54, 1.807) is 6.20 Å². The summed E-state index contributed by atoms with van der Waals surface area (Å²) in [5.41, 5.74) is 0.728. The highest BCUT2D eigenvalue weighted by Crippen LogP contribution is 2.31. The zero-order chi connectivity index (χ0) is 14.8. The molecular weight excluding hydrogens is 286 g/mol. The van der Waals surface area contributed by atoms with Crippen molar-refractivity contribution in [2.45, 2.75) is 19.4 Å². The molecule has 0 saturated heterocycles. The van der Waals surface area contributed by atoms with Gasteiger partial charge < -0.3 is 14.3 Å². The van der Waals surface area contributed by atoms with Crippen LogP contribution in [0.5, 0.6) is 0 Å². The number of para-hydroxylation sites is 1. The van der Waals surface area contributed by atoms with Crippen molar-refractivity contribution in [2.24, 2.45) is 7.05 Å². The number of fused-ring (bicyclic) bond motifs is 1. The van der Waals surface area contributed by atoms with Crippen molar-refractivity contribution in [3.05, 3.63) is 53.3 Å². The van der Waals surface area contributed by atoms with E-state index < -0.39 is 0 Å². The van der Waals surface area contributed by atoms with Crippen molar-refractivity contribution >= 4 is 22.6 Å². The molecule has 3 rings (SSSR count). The predicted octanol–water partition coefficient (Wildman–Crippen LogP) is 3.91. The van der Waals surface area contributed by atoms with Crippen molar-refractivity contribution in [2.75, 3.05) is 6.54 Å². The maximum absolute atomic E-state index is 6.20. The molecule has 5 heteroatoms. The minimum atomic E-state index is -0.0755. The summed E-state index contributed by atoms with van der Waals surface area (Å²) >= 11 is 6.20. The summed E-state index contributed by atoms with van der Waals surface area (Å²) in [5.74, 6) is 1.76. The molecule has 0 bridgehead atoms. The molecule has 110 valence electrons. The second-order valence-electron chi connectivity index (χ2n) is 5.09. The number of nitrogens with one attached hydrogen (secondary N) is 1. The van der Waals surface area contributed by atoms with Crippen LogP contribution in [0.4, 0.5) is 0 Å². The second kappa shape index (κ2) is 5.92. The minimum absolute atomic E-state index is 0.0755. The van der Waals surface area contributed by atoms with Crippen molar-refractivity contribution < 1.29 is 4.42 Å². The maximum atomic E-state index is 6.20. The van der Waals surface area contributed by atoms with Crippen molar-refractivity contribution in [3.63, 3.8) is 0 Å². The number of imidazole rings is 1. The van der Waals surface area contributed by atoms with Crippen LogP contribution in [-0.2, 0) is 7.05 Å². The van der Waals surface area contributed by atoms with Crippen molar-refractivity contribution in [1.82, 2.24) is 14.9 Å². The van der Waals surface area contributed by atoms with Gasteiger partial charge in [0.1, 0.15) is 17.6 Å². The third-order valence-corrected chi connectivity index (χ3v) is 3.81. The van der Waals surface area contributed by atoms with Crippen molar-refractivity contribution in [3.8, 4) is 0 Å². The molecular formula is C16H18ClN3O. The average Bonchev–Trinajstić information content (AvgIpc) is 3.07. The molecule has 0 aliphatic rings. The highest BCUT2D eigenvalue weighted by atomic mass is 35.5. The summed E-state index contributed by atoms with van der Waals surface area (Å²) in [4.78, 5) is 4.45. The van der Waals surface area contributed by atoms with Crippen LogP contribution < -0.4 is 5.32 Å². The van der Waals surface area contributed by atoms with Crippen molar-refractivity contribution in [1.29, 1.82) is 0 Å². The summed E-state index contributed by atoms with van der Waals surface area (Å²) in [7, 11) is 1.98. The first kappa shape index (κ1) is 14.2. The number of aryl methyl sites for hydroxylation is 1. The number of hydrogen-bond donors (Lipinski definition) is 1. The van der Waals surface area contributed by atoms with Crippen LogP contribution in [0, 0.1) is 0 Å². The SMILES string of the molecule is CCCNC(c1cc2cccc(Cl)c2o1)c1nccn1C. The lowest BCUT2D eigenvalue weighted by atomic mass is 10.1. The largest absolute Gasteiger partial charge is 0.457 e. The Labute approximate surface area is 128 Å². The van der Waals surface area contributed by atoms with Gasteiger partial charge in [0.2, 0.25) is 0 Å². The van der Waals surface area contributed by atoms with Gasteiger partial charge in [0, 0.05) is 24.8 Å². The van der Waals surface area contributed by atoms with Gasteiger partial charge in [0.25, 0.3) is 0 Å². The molecule has 0 aliphatic heterocycles. The standard InChI is InChI=1S/C16H18ClN3O/c1-3-7-18-14(16-19-8-9-20(16)2)13-10-11-5-4-6-12(17)15(11)21-13/h4-6,8-10,14,18H,3,7H2,1-2H3. The van der Waals surface area contributed by atoms with Crippen LogP contribution in [0.15, 0.2) is 41.1 Å². The summed E-state index contributed by atoms with van der Waals surface area (Å²) in [6, 6.07) is 7.73. The first-order valence-corrected chi connectivity index (χ1v) is 7.47. The van der Waals surface area contributed by atoms with E-state index in [-0.39, 0.29) is 6.04 Å². The Morgan fingerprint density at radius 1 is 1.43 bits per heavy atom. The summed E-state index contributed by atoms with van der Waals surface area (Å²) in [5, 5.41) is 5.13. The third kappa shape index (κ3) is 2.69. The van der Waals surface area contributed by atoms with E-state index in [0.29, 0.717) is 5.02 Å². The Kier molecular flexibility index (Phi) is 3.99. The molecule has 1 unspecified atom stereocenters. The zero-order valence-corrected chi connectivity index (χ0v) is 12.9. The summed E-state index contributed by atoms with van der Waals surface area (Å²) in [6.07, 6.45) is 4.78. The third-order valence-electron chi connectivity index (χ3n) is 3.51. The molecule has 2 aromatic heterocycles. The first-order valence-electron chi connectivity index (χ1n) is 7.09. The van der Waals surface area contributed by atoms with E-state index in [1.165, 1.54) is 0 Å². The molecule has 0 amide bonds. The molecule has 0 spiro atoms. The molecule has 1 aromatic carbocycles.